The Morgan fingerprint density at radius 3 is 2.83 bits per heavy atom. The van der Waals surface area contributed by atoms with E-state index in [2.05, 4.69) is 10.1 Å². The molecule has 1 unspecified atom stereocenters. The molecule has 102 valence electrons. The van der Waals surface area contributed by atoms with Gasteiger partial charge in [-0.25, -0.2) is 0 Å². The molecule has 0 amide bonds. The molecule has 6 nitrogen and oxygen atoms in total. The van der Waals surface area contributed by atoms with Gasteiger partial charge in [0.25, 0.3) is 0 Å². The van der Waals surface area contributed by atoms with Crippen LogP contribution in [-0.2, 0) is 20.7 Å². The van der Waals surface area contributed by atoms with Crippen LogP contribution in [0.25, 0.3) is 0 Å². The summed E-state index contributed by atoms with van der Waals surface area (Å²) in [6.45, 7) is 5.22. The zero-order valence-corrected chi connectivity index (χ0v) is 11.1. The average Bonchev–Trinajstić information content (AvgIpc) is 2.85. The smallest absolute Gasteiger partial charge is 0.236 e. The highest BCUT2D eigenvalue weighted by Crippen LogP contribution is 2.15. The Kier molecular flexibility index (Phi) is 6.53. The minimum Gasteiger partial charge on any atom is -0.382 e. The fraction of sp³-hybridized carbons (Fsp3) is 0.750. The molecule has 1 rings (SSSR count). The molecule has 6 heteroatoms. The third kappa shape index (κ3) is 4.54. The van der Waals surface area contributed by atoms with Gasteiger partial charge < -0.3 is 14.0 Å². The molecule has 18 heavy (non-hydrogen) atoms. The van der Waals surface area contributed by atoms with Gasteiger partial charge >= 0.3 is 0 Å². The molecular weight excluding hydrogens is 236 g/mol. The first-order chi connectivity index (χ1) is 8.69. The maximum Gasteiger partial charge on any atom is 0.236 e. The van der Waals surface area contributed by atoms with Gasteiger partial charge in [0.1, 0.15) is 5.78 Å². The second-order valence-corrected chi connectivity index (χ2v) is 3.95. The first kappa shape index (κ1) is 14.8. The van der Waals surface area contributed by atoms with Crippen LogP contribution < -0.4 is 0 Å². The summed E-state index contributed by atoms with van der Waals surface area (Å²) in [5.41, 5.74) is 0. The van der Waals surface area contributed by atoms with Crippen LogP contribution in [0.5, 0.6) is 0 Å². The van der Waals surface area contributed by atoms with Gasteiger partial charge in [-0.15, -0.1) is 0 Å². The topological polar surface area (TPSA) is 74.5 Å². The Labute approximate surface area is 107 Å². The highest BCUT2D eigenvalue weighted by molar-refractivity contribution is 5.83. The van der Waals surface area contributed by atoms with Crippen LogP contribution in [0.4, 0.5) is 0 Å². The molecule has 0 bridgehead atoms. The lowest BCUT2D eigenvalue weighted by molar-refractivity contribution is -0.120. The van der Waals surface area contributed by atoms with Gasteiger partial charge in [0.05, 0.1) is 25.7 Å². The summed E-state index contributed by atoms with van der Waals surface area (Å²) in [6, 6.07) is 0. The Morgan fingerprint density at radius 1 is 1.39 bits per heavy atom. The lowest BCUT2D eigenvalue weighted by Crippen LogP contribution is -2.08. The quantitative estimate of drug-likeness (QED) is 0.621. The van der Waals surface area contributed by atoms with Gasteiger partial charge in [-0.2, -0.15) is 4.98 Å². The Bertz CT molecular complexity index is 365. The van der Waals surface area contributed by atoms with Crippen LogP contribution >= 0.6 is 0 Å². The summed E-state index contributed by atoms with van der Waals surface area (Å²) in [4.78, 5) is 15.7. The lowest BCUT2D eigenvalue weighted by Gasteiger charge is -2.01. The molecule has 1 heterocycles. The molecule has 0 N–H and O–H groups in total. The molecule has 1 aromatic rings. The van der Waals surface area contributed by atoms with Crippen molar-refractivity contribution in [3.05, 3.63) is 11.7 Å². The molecule has 0 aliphatic rings. The molecule has 0 aliphatic heterocycles. The van der Waals surface area contributed by atoms with Gasteiger partial charge in [0.15, 0.2) is 5.82 Å². The van der Waals surface area contributed by atoms with Gasteiger partial charge in [-0.1, -0.05) is 12.1 Å². The number of Topliss-reactive ketones (excluding diaryl/α,β-unsaturated/α-hetero) is 1. The Morgan fingerprint density at radius 2 is 2.17 bits per heavy atom. The third-order valence-corrected chi connectivity index (χ3v) is 2.59. The largest absolute Gasteiger partial charge is 0.382 e. The Balaban J connectivity index is 2.36. The minimum absolute atomic E-state index is 0.0987. The molecule has 0 saturated carbocycles. The fourth-order valence-corrected chi connectivity index (χ4v) is 1.40. The number of aromatic nitrogens is 2. The lowest BCUT2D eigenvalue weighted by atomic mass is 10.1. The maximum atomic E-state index is 11.5. The number of hydrogen-bond donors (Lipinski definition) is 0. The van der Waals surface area contributed by atoms with Crippen LogP contribution in [0.1, 0.15) is 37.9 Å². The van der Waals surface area contributed by atoms with E-state index >= 15 is 0 Å². The highest BCUT2D eigenvalue weighted by atomic mass is 16.5. The Hall–Kier alpha value is -1.27. The van der Waals surface area contributed by atoms with E-state index in [1.807, 2.05) is 6.92 Å². The maximum absolute atomic E-state index is 11.5. The molecule has 0 radical (unpaired) electrons. The standard InChI is InChI=1S/C12H20N2O4/c1-4-10(15)9(2)12-13-11(14-18-12)5-6-17-8-7-16-3/h9H,4-8H2,1-3H3. The van der Waals surface area contributed by atoms with E-state index in [9.17, 15) is 4.79 Å². The van der Waals surface area contributed by atoms with E-state index in [1.165, 1.54) is 0 Å². The van der Waals surface area contributed by atoms with Crippen LogP contribution in [-0.4, -0.2) is 42.9 Å². The average molecular weight is 256 g/mol. The summed E-state index contributed by atoms with van der Waals surface area (Å²) in [7, 11) is 1.63. The van der Waals surface area contributed by atoms with Crippen molar-refractivity contribution >= 4 is 5.78 Å². The molecule has 1 atom stereocenters. The van der Waals surface area contributed by atoms with Crippen molar-refractivity contribution in [2.24, 2.45) is 0 Å². The number of ketones is 1. The number of carbonyl (C=O) groups excluding carboxylic acids is 1. The van der Waals surface area contributed by atoms with Crippen LogP contribution in [0.15, 0.2) is 4.52 Å². The predicted octanol–water partition coefficient (Wildman–Crippen LogP) is 1.36. The molecule has 0 saturated heterocycles. The summed E-state index contributed by atoms with van der Waals surface area (Å²) in [5, 5.41) is 3.82. The van der Waals surface area contributed by atoms with Crippen molar-refractivity contribution in [2.45, 2.75) is 32.6 Å². The number of carbonyl (C=O) groups is 1. The highest BCUT2D eigenvalue weighted by Gasteiger charge is 2.19. The molecule has 0 aromatic carbocycles. The number of hydrogen-bond acceptors (Lipinski definition) is 6. The van der Waals surface area contributed by atoms with Gasteiger partial charge in [0, 0.05) is 20.0 Å². The van der Waals surface area contributed by atoms with Crippen molar-refractivity contribution in [2.75, 3.05) is 26.9 Å². The first-order valence-corrected chi connectivity index (χ1v) is 6.10. The third-order valence-electron chi connectivity index (χ3n) is 2.59. The molecular formula is C12H20N2O4. The number of ether oxygens (including phenoxy) is 2. The van der Waals surface area contributed by atoms with E-state index in [-0.39, 0.29) is 11.7 Å². The molecule has 0 aliphatic carbocycles. The van der Waals surface area contributed by atoms with E-state index in [0.29, 0.717) is 44.4 Å². The van der Waals surface area contributed by atoms with Crippen molar-refractivity contribution in [1.82, 2.24) is 10.1 Å². The molecule has 1 aromatic heterocycles. The molecule has 0 spiro atoms. The van der Waals surface area contributed by atoms with Crippen LogP contribution in [0.3, 0.4) is 0 Å². The minimum atomic E-state index is -0.328. The van der Waals surface area contributed by atoms with Crippen molar-refractivity contribution in [3.8, 4) is 0 Å². The SMILES string of the molecule is CCC(=O)C(C)c1nc(CCOCCOC)no1. The summed E-state index contributed by atoms with van der Waals surface area (Å²) < 4.78 is 15.2. The monoisotopic (exact) mass is 256 g/mol. The number of methoxy groups -OCH3 is 1. The number of rotatable bonds is 9. The van der Waals surface area contributed by atoms with Crippen LogP contribution in [0.2, 0.25) is 0 Å². The van der Waals surface area contributed by atoms with Gasteiger partial charge in [-0.05, 0) is 6.92 Å². The van der Waals surface area contributed by atoms with Crippen molar-refractivity contribution in [3.63, 3.8) is 0 Å². The van der Waals surface area contributed by atoms with Gasteiger partial charge in [-0.3, -0.25) is 4.79 Å². The first-order valence-electron chi connectivity index (χ1n) is 6.10. The number of nitrogens with zero attached hydrogens (tertiary/aromatic N) is 2. The molecule has 0 fully saturated rings. The summed E-state index contributed by atoms with van der Waals surface area (Å²) in [5.74, 6) is 0.721. The zero-order valence-electron chi connectivity index (χ0n) is 11.1. The summed E-state index contributed by atoms with van der Waals surface area (Å²) in [6.07, 6.45) is 1.04. The van der Waals surface area contributed by atoms with Crippen LogP contribution in [0, 0.1) is 0 Å². The van der Waals surface area contributed by atoms with Gasteiger partial charge in [0.2, 0.25) is 5.89 Å². The van der Waals surface area contributed by atoms with Crippen molar-refractivity contribution in [1.29, 1.82) is 0 Å². The van der Waals surface area contributed by atoms with Crippen molar-refractivity contribution < 1.29 is 18.8 Å². The van der Waals surface area contributed by atoms with E-state index in [0.717, 1.165) is 0 Å². The van der Waals surface area contributed by atoms with E-state index in [4.69, 9.17) is 14.0 Å². The van der Waals surface area contributed by atoms with E-state index in [1.54, 1.807) is 14.0 Å². The van der Waals surface area contributed by atoms with E-state index < -0.39 is 0 Å². The second-order valence-electron chi connectivity index (χ2n) is 3.95. The fourth-order valence-electron chi connectivity index (χ4n) is 1.40. The zero-order chi connectivity index (χ0) is 13.4. The normalized spacial score (nSPS) is 12.6. The second kappa shape index (κ2) is 7.94. The predicted molar refractivity (Wildman–Crippen MR) is 64.4 cm³/mol. The summed E-state index contributed by atoms with van der Waals surface area (Å²) >= 11 is 0.